The zero-order chi connectivity index (χ0) is 12.1. The molecule has 18 heavy (non-hydrogen) atoms. The predicted molar refractivity (Wildman–Crippen MR) is 87.9 cm³/mol. The summed E-state index contributed by atoms with van der Waals surface area (Å²) in [6.45, 7) is 4.99. The Balaban J connectivity index is 0.00000162. The normalized spacial score (nSPS) is 18.3. The number of nitrogens with zero attached hydrogens (tertiary/aromatic N) is 3. The molecule has 2 rings (SSSR count). The molecule has 0 aliphatic carbocycles. The van der Waals surface area contributed by atoms with E-state index < -0.39 is 0 Å². The van der Waals surface area contributed by atoms with Crippen LogP contribution < -0.4 is 5.73 Å². The molecular formula is C12H21IN4S. The van der Waals surface area contributed by atoms with Crippen LogP contribution in [0, 0.1) is 0 Å². The predicted octanol–water partition coefficient (Wildman–Crippen LogP) is 2.67. The summed E-state index contributed by atoms with van der Waals surface area (Å²) in [6.07, 6.45) is 5.63. The van der Waals surface area contributed by atoms with Crippen LogP contribution in [0.2, 0.25) is 0 Å². The highest BCUT2D eigenvalue weighted by Gasteiger charge is 2.13. The topological polar surface area (TPSA) is 54.5 Å². The van der Waals surface area contributed by atoms with Gasteiger partial charge >= 0.3 is 0 Å². The first-order valence-corrected chi connectivity index (χ1v) is 7.09. The standard InChI is InChI=1S/C12H20N4S.HI/c1-10(11-14-5-8-17-11)9-15-12(13)16-6-3-2-4-7-16;/h5,8,10H,2-4,6-7,9H2,1H3,(H2,13,15);1H. The number of hydrogen-bond donors (Lipinski definition) is 1. The number of halogens is 1. The van der Waals surface area contributed by atoms with Gasteiger partial charge in [0.25, 0.3) is 0 Å². The zero-order valence-corrected chi connectivity index (χ0v) is 13.9. The van der Waals surface area contributed by atoms with Gasteiger partial charge in [0.05, 0.1) is 11.6 Å². The van der Waals surface area contributed by atoms with E-state index in [1.165, 1.54) is 19.3 Å². The van der Waals surface area contributed by atoms with Gasteiger partial charge in [-0.1, -0.05) is 6.92 Å². The number of nitrogens with two attached hydrogens (primary N) is 1. The summed E-state index contributed by atoms with van der Waals surface area (Å²) in [5.74, 6) is 1.06. The van der Waals surface area contributed by atoms with Crippen molar-refractivity contribution < 1.29 is 0 Å². The van der Waals surface area contributed by atoms with Crippen LogP contribution in [-0.2, 0) is 0 Å². The molecule has 0 radical (unpaired) electrons. The van der Waals surface area contributed by atoms with E-state index in [0.717, 1.165) is 24.6 Å². The third-order valence-corrected chi connectivity index (χ3v) is 4.09. The molecule has 1 atom stereocenters. The van der Waals surface area contributed by atoms with E-state index in [9.17, 15) is 0 Å². The van der Waals surface area contributed by atoms with Gasteiger partial charge in [-0.15, -0.1) is 35.3 Å². The molecule has 1 unspecified atom stereocenters. The molecule has 1 fully saturated rings. The molecule has 2 heterocycles. The molecule has 0 saturated carbocycles. The van der Waals surface area contributed by atoms with E-state index in [0.29, 0.717) is 11.9 Å². The van der Waals surface area contributed by atoms with Crippen LogP contribution in [0.5, 0.6) is 0 Å². The monoisotopic (exact) mass is 380 g/mol. The van der Waals surface area contributed by atoms with Gasteiger partial charge in [-0.25, -0.2) is 4.98 Å². The number of hydrogen-bond acceptors (Lipinski definition) is 3. The first-order chi connectivity index (χ1) is 8.27. The average Bonchev–Trinajstić information content (AvgIpc) is 2.90. The van der Waals surface area contributed by atoms with Crippen molar-refractivity contribution in [2.24, 2.45) is 10.7 Å². The van der Waals surface area contributed by atoms with Crippen molar-refractivity contribution >= 4 is 41.3 Å². The van der Waals surface area contributed by atoms with Crippen LogP contribution in [0.3, 0.4) is 0 Å². The van der Waals surface area contributed by atoms with Gasteiger partial charge in [-0.2, -0.15) is 0 Å². The number of aromatic nitrogens is 1. The van der Waals surface area contributed by atoms with E-state index in [1.807, 2.05) is 11.6 Å². The Kier molecular flexibility index (Phi) is 6.91. The van der Waals surface area contributed by atoms with Crippen molar-refractivity contribution in [2.45, 2.75) is 32.1 Å². The highest BCUT2D eigenvalue weighted by molar-refractivity contribution is 14.0. The first kappa shape index (κ1) is 15.7. The van der Waals surface area contributed by atoms with Gasteiger partial charge in [-0.3, -0.25) is 4.99 Å². The lowest BCUT2D eigenvalue weighted by Crippen LogP contribution is -2.41. The van der Waals surface area contributed by atoms with Crippen molar-refractivity contribution in [3.05, 3.63) is 16.6 Å². The summed E-state index contributed by atoms with van der Waals surface area (Å²) in [6, 6.07) is 0. The summed E-state index contributed by atoms with van der Waals surface area (Å²) in [5, 5.41) is 3.14. The Morgan fingerprint density at radius 3 is 2.83 bits per heavy atom. The number of likely N-dealkylation sites (tertiary alicyclic amines) is 1. The number of piperidine rings is 1. The molecule has 0 spiro atoms. The summed E-state index contributed by atoms with van der Waals surface area (Å²) in [4.78, 5) is 11.0. The minimum Gasteiger partial charge on any atom is -0.370 e. The van der Waals surface area contributed by atoms with Crippen molar-refractivity contribution in [1.82, 2.24) is 9.88 Å². The van der Waals surface area contributed by atoms with E-state index in [4.69, 9.17) is 5.73 Å². The molecule has 1 aromatic heterocycles. The average molecular weight is 380 g/mol. The largest absolute Gasteiger partial charge is 0.370 e. The van der Waals surface area contributed by atoms with E-state index in [2.05, 4.69) is 21.8 Å². The fraction of sp³-hybridized carbons (Fsp3) is 0.667. The summed E-state index contributed by atoms with van der Waals surface area (Å²) < 4.78 is 0. The molecule has 1 saturated heterocycles. The Bertz CT molecular complexity index is 360. The minimum absolute atomic E-state index is 0. The highest BCUT2D eigenvalue weighted by Crippen LogP contribution is 2.17. The molecule has 1 aromatic rings. The van der Waals surface area contributed by atoms with Gasteiger partial charge in [-0.05, 0) is 19.3 Å². The Morgan fingerprint density at radius 2 is 2.22 bits per heavy atom. The molecule has 2 N–H and O–H groups in total. The molecule has 0 amide bonds. The fourth-order valence-electron chi connectivity index (χ4n) is 2.01. The second kappa shape index (κ2) is 7.93. The van der Waals surface area contributed by atoms with Crippen molar-refractivity contribution in [3.63, 3.8) is 0 Å². The summed E-state index contributed by atoms with van der Waals surface area (Å²) >= 11 is 1.68. The second-order valence-corrected chi connectivity index (χ2v) is 5.44. The molecular weight excluding hydrogens is 359 g/mol. The number of rotatable bonds is 3. The molecule has 0 aromatic carbocycles. The second-order valence-electron chi connectivity index (χ2n) is 4.52. The van der Waals surface area contributed by atoms with Gasteiger partial charge in [0.15, 0.2) is 5.96 Å². The van der Waals surface area contributed by atoms with Crippen LogP contribution in [0.1, 0.15) is 37.1 Å². The third-order valence-electron chi connectivity index (χ3n) is 3.08. The maximum Gasteiger partial charge on any atom is 0.191 e. The van der Waals surface area contributed by atoms with Crippen LogP contribution >= 0.6 is 35.3 Å². The number of thiazole rings is 1. The SMILES string of the molecule is CC(CN=C(N)N1CCCCC1)c1nccs1.I. The highest BCUT2D eigenvalue weighted by atomic mass is 127. The lowest BCUT2D eigenvalue weighted by molar-refractivity contribution is 0.338. The third kappa shape index (κ3) is 4.38. The fourth-order valence-corrected chi connectivity index (χ4v) is 2.70. The molecule has 4 nitrogen and oxygen atoms in total. The zero-order valence-electron chi connectivity index (χ0n) is 10.7. The summed E-state index contributed by atoms with van der Waals surface area (Å²) in [5.41, 5.74) is 6.01. The Hall–Kier alpha value is -0.370. The van der Waals surface area contributed by atoms with Gasteiger partial charge in [0.2, 0.25) is 0 Å². The number of guanidine groups is 1. The quantitative estimate of drug-likeness (QED) is 0.498. The summed E-state index contributed by atoms with van der Waals surface area (Å²) in [7, 11) is 0. The smallest absolute Gasteiger partial charge is 0.191 e. The Labute approximate surface area is 130 Å². The van der Waals surface area contributed by atoms with Gasteiger partial charge in [0, 0.05) is 30.6 Å². The minimum atomic E-state index is 0. The van der Waals surface area contributed by atoms with Crippen LogP contribution in [0.4, 0.5) is 0 Å². The van der Waals surface area contributed by atoms with E-state index in [-0.39, 0.29) is 24.0 Å². The van der Waals surface area contributed by atoms with Crippen LogP contribution in [0.15, 0.2) is 16.6 Å². The maximum atomic E-state index is 6.01. The van der Waals surface area contributed by atoms with Crippen molar-refractivity contribution in [2.75, 3.05) is 19.6 Å². The van der Waals surface area contributed by atoms with E-state index in [1.54, 1.807) is 11.3 Å². The van der Waals surface area contributed by atoms with Crippen LogP contribution in [0.25, 0.3) is 0 Å². The molecule has 1 aliphatic rings. The van der Waals surface area contributed by atoms with Gasteiger partial charge < -0.3 is 10.6 Å². The van der Waals surface area contributed by atoms with Crippen molar-refractivity contribution in [1.29, 1.82) is 0 Å². The molecule has 6 heteroatoms. The van der Waals surface area contributed by atoms with Crippen LogP contribution in [-0.4, -0.2) is 35.5 Å². The number of aliphatic imine (C=N–C) groups is 1. The Morgan fingerprint density at radius 1 is 1.50 bits per heavy atom. The molecule has 0 bridgehead atoms. The maximum absolute atomic E-state index is 6.01. The lowest BCUT2D eigenvalue weighted by atomic mass is 10.1. The first-order valence-electron chi connectivity index (χ1n) is 6.21. The van der Waals surface area contributed by atoms with Crippen molar-refractivity contribution in [3.8, 4) is 0 Å². The molecule has 102 valence electrons. The van der Waals surface area contributed by atoms with E-state index >= 15 is 0 Å². The molecule has 1 aliphatic heterocycles. The lowest BCUT2D eigenvalue weighted by Gasteiger charge is -2.27. The van der Waals surface area contributed by atoms with Gasteiger partial charge in [0.1, 0.15) is 0 Å².